The van der Waals surface area contributed by atoms with Gasteiger partial charge in [0, 0.05) is 13.1 Å². The first-order valence-electron chi connectivity index (χ1n) is 12.2. The van der Waals surface area contributed by atoms with Gasteiger partial charge in [-0.2, -0.15) is 0 Å². The Bertz CT molecular complexity index is 1000. The number of benzene rings is 1. The molecular weight excluding hydrogens is 484 g/mol. The highest BCUT2D eigenvalue weighted by Gasteiger charge is 2.26. The molecule has 1 fully saturated rings. The second kappa shape index (κ2) is 12.3. The van der Waals surface area contributed by atoms with Crippen molar-refractivity contribution in [3.8, 4) is 5.75 Å². The number of alkyl carbamates (subject to hydrolysis) is 1. The molecule has 10 heteroatoms. The summed E-state index contributed by atoms with van der Waals surface area (Å²) in [6.45, 7) is 9.81. The van der Waals surface area contributed by atoms with Gasteiger partial charge >= 0.3 is 12.1 Å². The summed E-state index contributed by atoms with van der Waals surface area (Å²) < 4.78 is 11.1. The van der Waals surface area contributed by atoms with E-state index in [0.29, 0.717) is 34.8 Å². The van der Waals surface area contributed by atoms with Crippen LogP contribution in [0.4, 0.5) is 10.7 Å². The van der Waals surface area contributed by atoms with E-state index in [2.05, 4.69) is 27.1 Å². The zero-order valence-electron chi connectivity index (χ0n) is 21.2. The highest BCUT2D eigenvalue weighted by molar-refractivity contribution is 6.30. The SMILES string of the molecule is CC(CCOc1ccc([C@H](NC(=O)OC(C)(C)C)C(=O)O)cc1)C1CCN(c2ncc(Cl)cn2)CC1. The minimum absolute atomic E-state index is 0.436. The molecule has 3 rings (SSSR count). The quantitative estimate of drug-likeness (QED) is 0.471. The maximum absolute atomic E-state index is 12.0. The molecule has 1 aliphatic rings. The smallest absolute Gasteiger partial charge is 0.408 e. The van der Waals surface area contributed by atoms with Crippen molar-refractivity contribution in [2.45, 2.75) is 58.6 Å². The van der Waals surface area contributed by atoms with E-state index in [1.807, 2.05) is 0 Å². The Morgan fingerprint density at radius 1 is 1.17 bits per heavy atom. The number of aromatic nitrogens is 2. The number of carboxylic acids is 1. The first-order valence-corrected chi connectivity index (χ1v) is 12.6. The molecule has 9 nitrogen and oxygen atoms in total. The van der Waals surface area contributed by atoms with Crippen LogP contribution in [0.25, 0.3) is 0 Å². The Hall–Kier alpha value is -3.07. The van der Waals surface area contributed by atoms with Crippen LogP contribution < -0.4 is 15.0 Å². The van der Waals surface area contributed by atoms with Crippen LogP contribution in [0, 0.1) is 11.8 Å². The summed E-state index contributed by atoms with van der Waals surface area (Å²) in [5, 5.41) is 12.5. The lowest BCUT2D eigenvalue weighted by Gasteiger charge is -2.34. The third-order valence-corrected chi connectivity index (χ3v) is 6.39. The number of carbonyl (C=O) groups excluding carboxylic acids is 1. The van der Waals surface area contributed by atoms with Crippen LogP contribution in [-0.2, 0) is 9.53 Å². The van der Waals surface area contributed by atoms with Crippen LogP contribution in [0.15, 0.2) is 36.7 Å². The number of rotatable bonds is 9. The molecule has 196 valence electrons. The minimum Gasteiger partial charge on any atom is -0.494 e. The monoisotopic (exact) mass is 518 g/mol. The molecule has 1 saturated heterocycles. The second-order valence-electron chi connectivity index (χ2n) is 10.1. The molecule has 1 aromatic carbocycles. The molecule has 0 spiro atoms. The molecule has 0 aliphatic carbocycles. The Balaban J connectivity index is 1.44. The number of halogens is 1. The zero-order chi connectivity index (χ0) is 26.3. The number of hydrogen-bond donors (Lipinski definition) is 2. The summed E-state index contributed by atoms with van der Waals surface area (Å²) in [5.74, 6) is 1.32. The van der Waals surface area contributed by atoms with Crippen LogP contribution >= 0.6 is 11.6 Å². The fourth-order valence-electron chi connectivity index (χ4n) is 4.21. The molecule has 2 aromatic rings. The zero-order valence-corrected chi connectivity index (χ0v) is 22.0. The van der Waals surface area contributed by atoms with E-state index in [1.165, 1.54) is 0 Å². The average Bonchev–Trinajstić information content (AvgIpc) is 2.82. The van der Waals surface area contributed by atoms with E-state index in [-0.39, 0.29) is 0 Å². The van der Waals surface area contributed by atoms with E-state index in [1.54, 1.807) is 57.4 Å². The van der Waals surface area contributed by atoms with E-state index in [0.717, 1.165) is 38.3 Å². The molecule has 1 aliphatic heterocycles. The number of ether oxygens (including phenoxy) is 2. The molecule has 1 amide bonds. The van der Waals surface area contributed by atoms with Gasteiger partial charge in [0.25, 0.3) is 0 Å². The summed E-state index contributed by atoms with van der Waals surface area (Å²) in [6, 6.07) is 5.51. The van der Waals surface area contributed by atoms with Crippen LogP contribution in [0.5, 0.6) is 5.75 Å². The van der Waals surface area contributed by atoms with Gasteiger partial charge in [-0.1, -0.05) is 30.7 Å². The molecule has 1 aromatic heterocycles. The molecule has 2 N–H and O–H groups in total. The van der Waals surface area contributed by atoms with Crippen molar-refractivity contribution >= 4 is 29.6 Å². The Kier molecular flexibility index (Phi) is 9.37. The van der Waals surface area contributed by atoms with E-state index < -0.39 is 23.7 Å². The molecule has 0 radical (unpaired) electrons. The van der Waals surface area contributed by atoms with E-state index in [9.17, 15) is 14.7 Å². The standard InChI is InChI=1S/C26H35ClN4O5/c1-17(18-9-12-31(13-10-18)24-28-15-20(27)16-29-24)11-14-35-21-7-5-19(6-8-21)22(23(32)33)30-25(34)36-26(2,3)4/h5-8,15-18,22H,9-14H2,1-4H3,(H,30,34)(H,32,33)/t17?,22-/m0/s1. The third kappa shape index (κ3) is 8.26. The number of carboxylic acid groups (broad SMARTS) is 1. The van der Waals surface area contributed by atoms with Crippen molar-refractivity contribution in [2.24, 2.45) is 11.8 Å². The number of aliphatic carboxylic acids is 1. The number of carbonyl (C=O) groups is 2. The number of piperidine rings is 1. The molecule has 0 saturated carbocycles. The highest BCUT2D eigenvalue weighted by atomic mass is 35.5. The van der Waals surface area contributed by atoms with Crippen molar-refractivity contribution in [1.82, 2.24) is 15.3 Å². The summed E-state index contributed by atoms with van der Waals surface area (Å²) in [7, 11) is 0. The van der Waals surface area contributed by atoms with E-state index in [4.69, 9.17) is 21.1 Å². The third-order valence-electron chi connectivity index (χ3n) is 6.20. The molecule has 2 heterocycles. The largest absolute Gasteiger partial charge is 0.494 e. The number of hydrogen-bond acceptors (Lipinski definition) is 7. The number of nitrogens with zero attached hydrogens (tertiary/aromatic N) is 3. The highest BCUT2D eigenvalue weighted by Crippen LogP contribution is 2.29. The average molecular weight is 519 g/mol. The maximum Gasteiger partial charge on any atom is 0.408 e. The van der Waals surface area contributed by atoms with Crippen LogP contribution in [0.2, 0.25) is 5.02 Å². The Labute approximate surface area is 217 Å². The molecule has 1 unspecified atom stereocenters. The van der Waals surface area contributed by atoms with E-state index >= 15 is 0 Å². The molecule has 36 heavy (non-hydrogen) atoms. The topological polar surface area (TPSA) is 114 Å². The minimum atomic E-state index is -1.21. The van der Waals surface area contributed by atoms with Crippen molar-refractivity contribution in [3.05, 3.63) is 47.2 Å². The fourth-order valence-corrected chi connectivity index (χ4v) is 4.30. The van der Waals surface area contributed by atoms with Gasteiger partial charge in [-0.15, -0.1) is 0 Å². The summed E-state index contributed by atoms with van der Waals surface area (Å²) >= 11 is 5.88. The normalized spacial score (nSPS) is 16.2. The Morgan fingerprint density at radius 3 is 2.33 bits per heavy atom. The van der Waals surface area contributed by atoms with Gasteiger partial charge in [-0.25, -0.2) is 19.6 Å². The van der Waals surface area contributed by atoms with Gasteiger partial charge in [0.05, 0.1) is 24.0 Å². The molecule has 2 atom stereocenters. The second-order valence-corrected chi connectivity index (χ2v) is 10.6. The predicted octanol–water partition coefficient (Wildman–Crippen LogP) is 5.10. The number of nitrogens with one attached hydrogen (secondary N) is 1. The van der Waals surface area contributed by atoms with Gasteiger partial charge in [-0.05, 0) is 69.6 Å². The van der Waals surface area contributed by atoms with Crippen molar-refractivity contribution < 1.29 is 24.2 Å². The fraction of sp³-hybridized carbons (Fsp3) is 0.538. The first kappa shape index (κ1) is 27.5. The molecular formula is C26H35ClN4O5. The van der Waals surface area contributed by atoms with Gasteiger partial charge in [0.15, 0.2) is 6.04 Å². The van der Waals surface area contributed by atoms with Gasteiger partial charge in [0.2, 0.25) is 5.95 Å². The number of anilines is 1. The van der Waals surface area contributed by atoms with Crippen LogP contribution in [0.1, 0.15) is 58.6 Å². The number of amides is 1. The van der Waals surface area contributed by atoms with Gasteiger partial charge in [-0.3, -0.25) is 0 Å². The predicted molar refractivity (Wildman–Crippen MR) is 137 cm³/mol. The molecule has 0 bridgehead atoms. The summed E-state index contributed by atoms with van der Waals surface area (Å²) in [4.78, 5) is 34.5. The van der Waals surface area contributed by atoms with Crippen molar-refractivity contribution in [1.29, 1.82) is 0 Å². The van der Waals surface area contributed by atoms with Gasteiger partial charge < -0.3 is 24.8 Å². The summed E-state index contributed by atoms with van der Waals surface area (Å²) in [5.41, 5.74) is -0.283. The van der Waals surface area contributed by atoms with Crippen molar-refractivity contribution in [2.75, 3.05) is 24.6 Å². The Morgan fingerprint density at radius 2 is 1.78 bits per heavy atom. The van der Waals surface area contributed by atoms with Gasteiger partial charge in [0.1, 0.15) is 11.4 Å². The lowest BCUT2D eigenvalue weighted by molar-refractivity contribution is -0.139. The van der Waals surface area contributed by atoms with Crippen molar-refractivity contribution in [3.63, 3.8) is 0 Å². The first-order chi connectivity index (χ1) is 17.0. The maximum atomic E-state index is 12.0. The lowest BCUT2D eigenvalue weighted by atomic mass is 9.84. The van der Waals surface area contributed by atoms with Crippen LogP contribution in [0.3, 0.4) is 0 Å². The van der Waals surface area contributed by atoms with Crippen LogP contribution in [-0.4, -0.2) is 52.4 Å². The lowest BCUT2D eigenvalue weighted by Crippen LogP contribution is -2.38. The summed E-state index contributed by atoms with van der Waals surface area (Å²) in [6.07, 6.45) is 5.54.